The molecule has 1 N–H and O–H groups in total. The normalized spacial score (nSPS) is 19.6. The van der Waals surface area contributed by atoms with Crippen LogP contribution in [0, 0.1) is 12.3 Å². The minimum absolute atomic E-state index is 0.169. The average Bonchev–Trinajstić information content (AvgIpc) is 2.37. The van der Waals surface area contributed by atoms with Gasteiger partial charge >= 0.3 is 0 Å². The Kier molecular flexibility index (Phi) is 4.57. The van der Waals surface area contributed by atoms with E-state index in [-0.39, 0.29) is 5.60 Å². The molecular formula is C17H23NO2. The molecule has 1 atom stereocenters. The van der Waals surface area contributed by atoms with Crippen molar-refractivity contribution in [1.29, 1.82) is 0 Å². The van der Waals surface area contributed by atoms with Crippen molar-refractivity contribution in [3.05, 3.63) is 23.8 Å². The minimum Gasteiger partial charge on any atom is -0.492 e. The van der Waals surface area contributed by atoms with E-state index in [2.05, 4.69) is 38.1 Å². The predicted molar refractivity (Wildman–Crippen MR) is 81.1 cm³/mol. The fourth-order valence-electron chi connectivity index (χ4n) is 2.58. The third-order valence-corrected chi connectivity index (χ3v) is 3.41. The van der Waals surface area contributed by atoms with Gasteiger partial charge in [0, 0.05) is 30.5 Å². The van der Waals surface area contributed by atoms with Gasteiger partial charge in [-0.05, 0) is 26.5 Å². The number of ether oxygens (including phenoxy) is 2. The molecule has 1 unspecified atom stereocenters. The third kappa shape index (κ3) is 3.46. The van der Waals surface area contributed by atoms with Gasteiger partial charge in [-0.3, -0.25) is 0 Å². The molecule has 0 aliphatic carbocycles. The van der Waals surface area contributed by atoms with Crippen molar-refractivity contribution in [3.63, 3.8) is 0 Å². The van der Waals surface area contributed by atoms with Crippen LogP contribution >= 0.6 is 0 Å². The number of terminal acetylenes is 1. The molecule has 0 saturated heterocycles. The smallest absolute Gasteiger partial charge is 0.128 e. The maximum absolute atomic E-state index is 6.08. The van der Waals surface area contributed by atoms with Crippen LogP contribution in [-0.2, 0) is 0 Å². The largest absolute Gasteiger partial charge is 0.492 e. The number of fused-ring (bicyclic) bond motifs is 1. The van der Waals surface area contributed by atoms with E-state index < -0.39 is 0 Å². The zero-order valence-electron chi connectivity index (χ0n) is 12.5. The molecule has 3 nitrogen and oxygen atoms in total. The second kappa shape index (κ2) is 6.19. The van der Waals surface area contributed by atoms with Gasteiger partial charge in [-0.2, -0.15) is 0 Å². The maximum atomic E-state index is 6.08. The summed E-state index contributed by atoms with van der Waals surface area (Å²) >= 11 is 0. The molecule has 0 saturated carbocycles. The van der Waals surface area contributed by atoms with Crippen molar-refractivity contribution in [3.8, 4) is 23.8 Å². The molecule has 2 rings (SSSR count). The summed E-state index contributed by atoms with van der Waals surface area (Å²) in [7, 11) is 0. The van der Waals surface area contributed by atoms with Crippen LogP contribution < -0.4 is 14.8 Å². The van der Waals surface area contributed by atoms with Gasteiger partial charge in [0.2, 0.25) is 0 Å². The van der Waals surface area contributed by atoms with Crippen molar-refractivity contribution in [1.82, 2.24) is 5.32 Å². The molecule has 0 bridgehead atoms. The van der Waals surface area contributed by atoms with E-state index >= 15 is 0 Å². The topological polar surface area (TPSA) is 30.5 Å². The first-order valence-electron chi connectivity index (χ1n) is 7.18. The van der Waals surface area contributed by atoms with E-state index in [1.165, 1.54) is 5.56 Å². The molecule has 3 heteroatoms. The first-order chi connectivity index (χ1) is 9.55. The van der Waals surface area contributed by atoms with E-state index in [0.29, 0.717) is 19.1 Å². The number of hydrogen-bond donors (Lipinski definition) is 1. The van der Waals surface area contributed by atoms with Crippen LogP contribution in [0.25, 0.3) is 0 Å². The summed E-state index contributed by atoms with van der Waals surface area (Å²) in [6, 6.07) is 6.38. The Morgan fingerprint density at radius 2 is 2.30 bits per heavy atom. The van der Waals surface area contributed by atoms with Crippen molar-refractivity contribution < 1.29 is 9.47 Å². The van der Waals surface area contributed by atoms with Crippen molar-refractivity contribution >= 4 is 0 Å². The van der Waals surface area contributed by atoms with Crippen LogP contribution in [0.5, 0.6) is 11.5 Å². The van der Waals surface area contributed by atoms with Gasteiger partial charge in [0.05, 0.1) is 6.61 Å². The van der Waals surface area contributed by atoms with Crippen LogP contribution in [-0.4, -0.2) is 18.8 Å². The highest BCUT2D eigenvalue weighted by atomic mass is 16.5. The molecule has 1 aromatic carbocycles. The maximum Gasteiger partial charge on any atom is 0.128 e. The molecule has 1 aromatic rings. The highest BCUT2D eigenvalue weighted by Gasteiger charge is 2.33. The Hall–Kier alpha value is -1.66. The van der Waals surface area contributed by atoms with Gasteiger partial charge in [-0.15, -0.1) is 12.3 Å². The van der Waals surface area contributed by atoms with Gasteiger partial charge in [-0.25, -0.2) is 0 Å². The lowest BCUT2D eigenvalue weighted by molar-refractivity contribution is 0.0660. The lowest BCUT2D eigenvalue weighted by atomic mass is 9.89. The fraction of sp³-hybridized carbons (Fsp3) is 0.529. The molecule has 0 aromatic heterocycles. The van der Waals surface area contributed by atoms with Crippen LogP contribution in [0.3, 0.4) is 0 Å². The molecule has 0 amide bonds. The Morgan fingerprint density at radius 1 is 1.50 bits per heavy atom. The molecule has 20 heavy (non-hydrogen) atoms. The van der Waals surface area contributed by atoms with Gasteiger partial charge in [0.15, 0.2) is 0 Å². The van der Waals surface area contributed by atoms with E-state index in [4.69, 9.17) is 15.9 Å². The Morgan fingerprint density at radius 3 is 3.00 bits per heavy atom. The Labute approximate surface area is 121 Å². The molecule has 0 spiro atoms. The lowest BCUT2D eigenvalue weighted by Gasteiger charge is -2.38. The fourth-order valence-corrected chi connectivity index (χ4v) is 2.58. The van der Waals surface area contributed by atoms with E-state index in [1.807, 2.05) is 12.1 Å². The zero-order valence-corrected chi connectivity index (χ0v) is 12.5. The van der Waals surface area contributed by atoms with E-state index in [1.54, 1.807) is 0 Å². The standard InChI is InChI=1S/C17H23NO2/c1-5-7-10-19-13-8-9-14-15(18-6-2)12-17(3,4)20-16(14)11-13/h1,8-9,11,15,18H,6-7,10,12H2,2-4H3. The second-order valence-electron chi connectivity index (χ2n) is 5.68. The summed E-state index contributed by atoms with van der Waals surface area (Å²) in [6.45, 7) is 7.84. The molecule has 1 heterocycles. The second-order valence-corrected chi connectivity index (χ2v) is 5.68. The number of hydrogen-bond acceptors (Lipinski definition) is 3. The molecule has 108 valence electrons. The van der Waals surface area contributed by atoms with Crippen molar-refractivity contribution in [2.24, 2.45) is 0 Å². The average molecular weight is 273 g/mol. The van der Waals surface area contributed by atoms with E-state index in [9.17, 15) is 0 Å². The monoisotopic (exact) mass is 273 g/mol. The quantitative estimate of drug-likeness (QED) is 0.659. The van der Waals surface area contributed by atoms with Crippen molar-refractivity contribution in [2.75, 3.05) is 13.2 Å². The summed E-state index contributed by atoms with van der Waals surface area (Å²) in [4.78, 5) is 0. The Balaban J connectivity index is 2.21. The number of rotatable bonds is 5. The van der Waals surface area contributed by atoms with E-state index in [0.717, 1.165) is 24.5 Å². The number of benzene rings is 1. The summed E-state index contributed by atoms with van der Waals surface area (Å²) < 4.78 is 11.7. The highest BCUT2D eigenvalue weighted by molar-refractivity contribution is 5.44. The SMILES string of the molecule is C#CCCOc1ccc2c(c1)OC(C)(C)CC2NCC. The van der Waals surface area contributed by atoms with Gasteiger partial charge < -0.3 is 14.8 Å². The van der Waals surface area contributed by atoms with Crippen LogP contribution in [0.1, 0.15) is 45.2 Å². The third-order valence-electron chi connectivity index (χ3n) is 3.41. The summed E-state index contributed by atoms with van der Waals surface area (Å²) in [5.41, 5.74) is 1.03. The van der Waals surface area contributed by atoms with Gasteiger partial charge in [0.1, 0.15) is 17.1 Å². The first kappa shape index (κ1) is 14.7. The predicted octanol–water partition coefficient (Wildman–Crippen LogP) is 3.30. The van der Waals surface area contributed by atoms with Gasteiger partial charge in [-0.1, -0.05) is 13.0 Å². The molecule has 1 aliphatic heterocycles. The molecule has 1 aliphatic rings. The van der Waals surface area contributed by atoms with Gasteiger partial charge in [0.25, 0.3) is 0 Å². The Bertz CT molecular complexity index is 502. The number of nitrogens with one attached hydrogen (secondary N) is 1. The first-order valence-corrected chi connectivity index (χ1v) is 7.18. The molecule has 0 radical (unpaired) electrons. The molecule has 0 fully saturated rings. The summed E-state index contributed by atoms with van der Waals surface area (Å²) in [5.74, 6) is 4.29. The minimum atomic E-state index is -0.169. The zero-order chi connectivity index (χ0) is 14.6. The van der Waals surface area contributed by atoms with Crippen molar-refractivity contribution in [2.45, 2.75) is 45.3 Å². The van der Waals surface area contributed by atoms with Crippen LogP contribution in [0.4, 0.5) is 0 Å². The highest BCUT2D eigenvalue weighted by Crippen LogP contribution is 2.41. The summed E-state index contributed by atoms with van der Waals surface area (Å²) in [6.07, 6.45) is 6.81. The lowest BCUT2D eigenvalue weighted by Crippen LogP contribution is -2.39. The van der Waals surface area contributed by atoms with Crippen LogP contribution in [0.2, 0.25) is 0 Å². The van der Waals surface area contributed by atoms with Crippen LogP contribution in [0.15, 0.2) is 18.2 Å². The summed E-state index contributed by atoms with van der Waals surface area (Å²) in [5, 5.41) is 3.52. The molecular weight excluding hydrogens is 250 g/mol.